The third-order valence-corrected chi connectivity index (χ3v) is 6.23. The van der Waals surface area contributed by atoms with Crippen molar-refractivity contribution in [2.45, 2.75) is 18.6 Å². The van der Waals surface area contributed by atoms with Crippen LogP contribution >= 0.6 is 11.3 Å². The number of halogens is 3. The van der Waals surface area contributed by atoms with E-state index in [1.54, 1.807) is 47.7 Å². The SMILES string of the molecule is O=C(O)CC(NC(=O)c1ccc(-c2ccc(C(F)(F)F)cc2)cc1)c1ccc(-c2ccsc2)cc1. The quantitative estimate of drug-likeness (QED) is 0.289. The molecular formula is C27H20F3NO3S. The van der Waals surface area contributed by atoms with Gasteiger partial charge in [0.25, 0.3) is 5.91 Å². The molecular weight excluding hydrogens is 475 g/mol. The topological polar surface area (TPSA) is 66.4 Å². The number of carbonyl (C=O) groups excluding carboxylic acids is 1. The highest BCUT2D eigenvalue weighted by atomic mass is 32.1. The Morgan fingerprint density at radius 2 is 1.34 bits per heavy atom. The van der Waals surface area contributed by atoms with E-state index < -0.39 is 29.7 Å². The first-order chi connectivity index (χ1) is 16.7. The molecule has 1 amide bonds. The van der Waals surface area contributed by atoms with Crippen molar-refractivity contribution in [1.82, 2.24) is 5.32 Å². The van der Waals surface area contributed by atoms with E-state index in [4.69, 9.17) is 0 Å². The van der Waals surface area contributed by atoms with E-state index in [0.717, 1.165) is 23.3 Å². The number of benzene rings is 3. The van der Waals surface area contributed by atoms with Crippen LogP contribution < -0.4 is 5.32 Å². The van der Waals surface area contributed by atoms with Crippen LogP contribution in [0.4, 0.5) is 13.2 Å². The van der Waals surface area contributed by atoms with E-state index in [1.807, 2.05) is 29.0 Å². The van der Waals surface area contributed by atoms with Crippen molar-refractivity contribution in [3.63, 3.8) is 0 Å². The van der Waals surface area contributed by atoms with Crippen LogP contribution in [0.5, 0.6) is 0 Å². The second-order valence-electron chi connectivity index (χ2n) is 7.91. The number of carboxylic acid groups (broad SMARTS) is 1. The first-order valence-electron chi connectivity index (χ1n) is 10.6. The van der Waals surface area contributed by atoms with Crippen LogP contribution in [0.2, 0.25) is 0 Å². The summed E-state index contributed by atoms with van der Waals surface area (Å²) in [6.45, 7) is 0. The van der Waals surface area contributed by atoms with Gasteiger partial charge < -0.3 is 10.4 Å². The zero-order valence-electron chi connectivity index (χ0n) is 18.3. The van der Waals surface area contributed by atoms with Crippen LogP contribution in [0.1, 0.15) is 33.9 Å². The number of carboxylic acids is 1. The van der Waals surface area contributed by atoms with Crippen molar-refractivity contribution in [3.05, 3.63) is 106 Å². The Hall–Kier alpha value is -3.91. The Kier molecular flexibility index (Phi) is 7.02. The summed E-state index contributed by atoms with van der Waals surface area (Å²) in [6.07, 6.45) is -4.69. The zero-order chi connectivity index (χ0) is 25.0. The molecule has 0 fully saturated rings. The molecule has 4 aromatic rings. The fourth-order valence-corrected chi connectivity index (χ4v) is 4.34. The number of rotatable bonds is 7. The van der Waals surface area contributed by atoms with Gasteiger partial charge in [0.15, 0.2) is 0 Å². The maximum absolute atomic E-state index is 12.8. The minimum Gasteiger partial charge on any atom is -0.481 e. The van der Waals surface area contributed by atoms with E-state index in [2.05, 4.69) is 5.32 Å². The molecule has 0 aliphatic rings. The number of amides is 1. The maximum Gasteiger partial charge on any atom is 0.416 e. The number of hydrogen-bond acceptors (Lipinski definition) is 3. The van der Waals surface area contributed by atoms with Crippen LogP contribution in [0.3, 0.4) is 0 Å². The summed E-state index contributed by atoms with van der Waals surface area (Å²) in [5.74, 6) is -1.49. The predicted molar refractivity (Wildman–Crippen MR) is 129 cm³/mol. The average Bonchev–Trinajstić information content (AvgIpc) is 3.38. The lowest BCUT2D eigenvalue weighted by atomic mass is 9.99. The van der Waals surface area contributed by atoms with Crippen LogP contribution in [-0.2, 0) is 11.0 Å². The Morgan fingerprint density at radius 1 is 0.800 bits per heavy atom. The highest BCUT2D eigenvalue weighted by Crippen LogP contribution is 2.31. The van der Waals surface area contributed by atoms with Gasteiger partial charge in [-0.1, -0.05) is 48.5 Å². The number of carbonyl (C=O) groups is 2. The first-order valence-corrected chi connectivity index (χ1v) is 11.6. The first kappa shape index (κ1) is 24.2. The Morgan fingerprint density at radius 3 is 1.86 bits per heavy atom. The molecule has 1 aromatic heterocycles. The zero-order valence-corrected chi connectivity index (χ0v) is 19.1. The van der Waals surface area contributed by atoms with Crippen molar-refractivity contribution >= 4 is 23.2 Å². The Balaban J connectivity index is 1.48. The molecule has 3 aromatic carbocycles. The summed E-state index contributed by atoms with van der Waals surface area (Å²) in [6, 6.07) is 19.8. The van der Waals surface area contributed by atoms with Crippen molar-refractivity contribution in [1.29, 1.82) is 0 Å². The third-order valence-electron chi connectivity index (χ3n) is 5.54. The Bertz CT molecular complexity index is 1300. The van der Waals surface area contributed by atoms with Crippen molar-refractivity contribution in [3.8, 4) is 22.3 Å². The predicted octanol–water partition coefficient (Wildman–Crippen LogP) is 7.05. The van der Waals surface area contributed by atoms with Crippen molar-refractivity contribution in [2.24, 2.45) is 0 Å². The summed E-state index contributed by atoms with van der Waals surface area (Å²) in [5.41, 5.74) is 3.54. The lowest BCUT2D eigenvalue weighted by Gasteiger charge is -2.18. The van der Waals surface area contributed by atoms with E-state index in [9.17, 15) is 27.9 Å². The highest BCUT2D eigenvalue weighted by molar-refractivity contribution is 7.08. The van der Waals surface area contributed by atoms with Gasteiger partial charge in [0, 0.05) is 5.56 Å². The molecule has 0 spiro atoms. The average molecular weight is 496 g/mol. The van der Waals surface area contributed by atoms with Crippen LogP contribution in [0.15, 0.2) is 89.6 Å². The molecule has 8 heteroatoms. The lowest BCUT2D eigenvalue weighted by Crippen LogP contribution is -2.30. The maximum atomic E-state index is 12.8. The van der Waals surface area contributed by atoms with E-state index in [1.165, 1.54) is 12.1 Å². The molecule has 4 rings (SSSR count). The molecule has 4 nitrogen and oxygen atoms in total. The minimum absolute atomic E-state index is 0.285. The summed E-state index contributed by atoms with van der Waals surface area (Å²) < 4.78 is 38.3. The highest BCUT2D eigenvalue weighted by Gasteiger charge is 2.30. The molecule has 2 N–H and O–H groups in total. The molecule has 35 heavy (non-hydrogen) atoms. The number of hydrogen-bond donors (Lipinski definition) is 2. The molecule has 1 unspecified atom stereocenters. The largest absolute Gasteiger partial charge is 0.481 e. The number of thiophene rings is 1. The molecule has 1 heterocycles. The summed E-state index contributed by atoms with van der Waals surface area (Å²) >= 11 is 1.58. The monoisotopic (exact) mass is 495 g/mol. The second kappa shape index (κ2) is 10.1. The normalized spacial score (nSPS) is 12.2. The van der Waals surface area contributed by atoms with Gasteiger partial charge in [-0.3, -0.25) is 9.59 Å². The summed E-state index contributed by atoms with van der Waals surface area (Å²) in [5, 5.41) is 16.1. The summed E-state index contributed by atoms with van der Waals surface area (Å²) in [7, 11) is 0. The van der Waals surface area contributed by atoms with Gasteiger partial charge in [0.1, 0.15) is 0 Å². The van der Waals surface area contributed by atoms with Crippen LogP contribution in [0, 0.1) is 0 Å². The van der Waals surface area contributed by atoms with Crippen molar-refractivity contribution in [2.75, 3.05) is 0 Å². The fraction of sp³-hybridized carbons (Fsp3) is 0.111. The molecule has 1 atom stereocenters. The van der Waals surface area contributed by atoms with Crippen LogP contribution in [-0.4, -0.2) is 17.0 Å². The minimum atomic E-state index is -4.41. The number of nitrogens with one attached hydrogen (secondary N) is 1. The van der Waals surface area contributed by atoms with Gasteiger partial charge in [-0.05, 0) is 68.9 Å². The molecule has 0 saturated heterocycles. The molecule has 0 aliphatic carbocycles. The van der Waals surface area contributed by atoms with Gasteiger partial charge in [-0.25, -0.2) is 0 Å². The second-order valence-corrected chi connectivity index (χ2v) is 8.69. The van der Waals surface area contributed by atoms with Gasteiger partial charge >= 0.3 is 12.1 Å². The summed E-state index contributed by atoms with van der Waals surface area (Å²) in [4.78, 5) is 24.3. The number of aliphatic carboxylic acids is 1. The molecule has 0 saturated carbocycles. The Labute approximate surface area is 203 Å². The fourth-order valence-electron chi connectivity index (χ4n) is 3.67. The van der Waals surface area contributed by atoms with Gasteiger partial charge in [-0.2, -0.15) is 24.5 Å². The van der Waals surface area contributed by atoms with Gasteiger partial charge in [0.05, 0.1) is 18.0 Å². The molecule has 0 bridgehead atoms. The smallest absolute Gasteiger partial charge is 0.416 e. The van der Waals surface area contributed by atoms with E-state index >= 15 is 0 Å². The standard InChI is InChI=1S/C27H20F3NO3S/c28-27(29,30)23-11-9-18(10-12-23)17-3-7-21(8-4-17)26(34)31-24(15-25(32)33)20-5-1-19(2-6-20)22-13-14-35-16-22/h1-14,16,24H,15H2,(H,31,34)(H,32,33). The third kappa shape index (κ3) is 5.96. The van der Waals surface area contributed by atoms with Crippen LogP contribution in [0.25, 0.3) is 22.3 Å². The number of alkyl halides is 3. The van der Waals surface area contributed by atoms with E-state index in [0.29, 0.717) is 22.3 Å². The lowest BCUT2D eigenvalue weighted by molar-refractivity contribution is -0.138. The van der Waals surface area contributed by atoms with Gasteiger partial charge in [-0.15, -0.1) is 0 Å². The molecule has 178 valence electrons. The molecule has 0 aliphatic heterocycles. The molecule has 0 radical (unpaired) electrons. The van der Waals surface area contributed by atoms with Gasteiger partial charge in [0.2, 0.25) is 0 Å². The van der Waals surface area contributed by atoms with E-state index in [-0.39, 0.29) is 6.42 Å². The van der Waals surface area contributed by atoms with Crippen molar-refractivity contribution < 1.29 is 27.9 Å².